The highest BCUT2D eigenvalue weighted by Gasteiger charge is 2.40. The van der Waals surface area contributed by atoms with Crippen LogP contribution in [0.1, 0.15) is 28.4 Å². The van der Waals surface area contributed by atoms with E-state index in [1.807, 2.05) is 42.5 Å². The summed E-state index contributed by atoms with van der Waals surface area (Å²) in [6.07, 6.45) is 0.812. The Morgan fingerprint density at radius 2 is 1.53 bits per heavy atom. The van der Waals surface area contributed by atoms with Gasteiger partial charge in [0.05, 0.1) is 10.9 Å². The average molecular weight is 421 g/mol. The van der Waals surface area contributed by atoms with Crippen LogP contribution in [0.2, 0.25) is 0 Å². The molecule has 1 aliphatic heterocycles. The maximum absolute atomic E-state index is 13.5. The summed E-state index contributed by atoms with van der Waals surface area (Å²) in [7, 11) is -0.255. The van der Waals surface area contributed by atoms with E-state index in [1.54, 1.807) is 54.8 Å². The second-order valence-corrected chi connectivity index (χ2v) is 9.46. The molecule has 5 nitrogen and oxygen atoms in total. The number of hydrogen-bond donors (Lipinski definition) is 0. The Balaban J connectivity index is 1.69. The predicted molar refractivity (Wildman–Crippen MR) is 118 cm³/mol. The standard InChI is InChI=1S/C24H24N2O3S/c1-25(2)24(27)20-14-12-18(13-15-20)21-10-6-7-11-23(21)30(28,29)26-17-16-22(26)19-8-4-3-5-9-19/h3-15,22H,16-17H2,1-2H3. The molecular formula is C24H24N2O3S. The van der Waals surface area contributed by atoms with Gasteiger partial charge in [-0.1, -0.05) is 60.7 Å². The van der Waals surface area contributed by atoms with Crippen molar-refractivity contribution in [1.82, 2.24) is 9.21 Å². The summed E-state index contributed by atoms with van der Waals surface area (Å²) in [5, 5.41) is 0. The Kier molecular flexibility index (Phi) is 5.45. The van der Waals surface area contributed by atoms with Crippen LogP contribution in [0.4, 0.5) is 0 Å². The van der Waals surface area contributed by atoms with Gasteiger partial charge < -0.3 is 4.90 Å². The molecule has 3 aromatic rings. The number of nitrogens with zero attached hydrogens (tertiary/aromatic N) is 2. The van der Waals surface area contributed by atoms with Gasteiger partial charge in [0.25, 0.3) is 5.91 Å². The fraction of sp³-hybridized carbons (Fsp3) is 0.208. The molecule has 30 heavy (non-hydrogen) atoms. The van der Waals surface area contributed by atoms with Gasteiger partial charge in [-0.2, -0.15) is 4.31 Å². The molecule has 4 rings (SSSR count). The fourth-order valence-electron chi connectivity index (χ4n) is 3.77. The molecule has 1 saturated heterocycles. The highest BCUT2D eigenvalue weighted by Crippen LogP contribution is 2.40. The van der Waals surface area contributed by atoms with Crippen molar-refractivity contribution in [3.8, 4) is 11.1 Å². The van der Waals surface area contributed by atoms with E-state index in [2.05, 4.69) is 0 Å². The SMILES string of the molecule is CN(C)C(=O)c1ccc(-c2ccccc2S(=O)(=O)N2CCC2c2ccccc2)cc1. The predicted octanol–water partition coefficient (Wildman–Crippen LogP) is 4.19. The van der Waals surface area contributed by atoms with Gasteiger partial charge in [-0.15, -0.1) is 0 Å². The van der Waals surface area contributed by atoms with E-state index in [4.69, 9.17) is 0 Å². The second-order valence-electron chi connectivity index (χ2n) is 7.60. The summed E-state index contributed by atoms with van der Waals surface area (Å²) in [5.74, 6) is -0.0891. The van der Waals surface area contributed by atoms with E-state index >= 15 is 0 Å². The number of sulfonamides is 1. The zero-order valence-corrected chi connectivity index (χ0v) is 17.8. The van der Waals surface area contributed by atoms with Crippen LogP contribution < -0.4 is 0 Å². The first-order valence-electron chi connectivity index (χ1n) is 9.87. The first-order chi connectivity index (χ1) is 14.4. The first kappa shape index (κ1) is 20.3. The highest BCUT2D eigenvalue weighted by molar-refractivity contribution is 7.89. The van der Waals surface area contributed by atoms with Gasteiger partial charge in [0, 0.05) is 31.8 Å². The Hall–Kier alpha value is -2.96. The van der Waals surface area contributed by atoms with Gasteiger partial charge >= 0.3 is 0 Å². The van der Waals surface area contributed by atoms with E-state index in [0.717, 1.165) is 17.5 Å². The van der Waals surface area contributed by atoms with Gasteiger partial charge in [-0.05, 0) is 35.7 Å². The van der Waals surface area contributed by atoms with Crippen molar-refractivity contribution in [1.29, 1.82) is 0 Å². The van der Waals surface area contributed by atoms with E-state index in [9.17, 15) is 13.2 Å². The fourth-order valence-corrected chi connectivity index (χ4v) is 5.64. The highest BCUT2D eigenvalue weighted by atomic mass is 32.2. The van der Waals surface area contributed by atoms with E-state index in [1.165, 1.54) is 4.90 Å². The molecule has 0 aromatic heterocycles. The van der Waals surface area contributed by atoms with Gasteiger partial charge in [0.1, 0.15) is 0 Å². The zero-order valence-electron chi connectivity index (χ0n) is 17.0. The summed E-state index contributed by atoms with van der Waals surface area (Å²) in [6.45, 7) is 0.506. The summed E-state index contributed by atoms with van der Waals surface area (Å²) in [4.78, 5) is 14.0. The Morgan fingerprint density at radius 1 is 0.900 bits per heavy atom. The lowest BCUT2D eigenvalue weighted by Crippen LogP contribution is -2.45. The smallest absolute Gasteiger partial charge is 0.253 e. The third-order valence-electron chi connectivity index (χ3n) is 5.48. The largest absolute Gasteiger partial charge is 0.345 e. The number of benzene rings is 3. The van der Waals surface area contributed by atoms with E-state index < -0.39 is 10.0 Å². The van der Waals surface area contributed by atoms with Crippen molar-refractivity contribution in [2.75, 3.05) is 20.6 Å². The third-order valence-corrected chi connectivity index (χ3v) is 7.44. The molecule has 0 bridgehead atoms. The Morgan fingerprint density at radius 3 is 2.13 bits per heavy atom. The molecule has 0 aliphatic carbocycles. The molecular weight excluding hydrogens is 396 g/mol. The lowest BCUT2D eigenvalue weighted by molar-refractivity contribution is 0.0827. The number of amides is 1. The van der Waals surface area contributed by atoms with E-state index in [0.29, 0.717) is 17.7 Å². The molecule has 1 atom stereocenters. The molecule has 6 heteroatoms. The van der Waals surface area contributed by atoms with Crippen LogP contribution in [0.15, 0.2) is 83.8 Å². The Labute approximate surface area is 177 Å². The zero-order chi connectivity index (χ0) is 21.3. The lowest BCUT2D eigenvalue weighted by Gasteiger charge is -2.40. The van der Waals surface area contributed by atoms with Gasteiger partial charge in [-0.3, -0.25) is 4.79 Å². The third kappa shape index (κ3) is 3.64. The molecule has 0 N–H and O–H groups in total. The molecule has 0 spiro atoms. The topological polar surface area (TPSA) is 57.7 Å². The van der Waals surface area contributed by atoms with E-state index in [-0.39, 0.29) is 16.8 Å². The van der Waals surface area contributed by atoms with Crippen molar-refractivity contribution in [2.24, 2.45) is 0 Å². The van der Waals surface area contributed by atoms with Gasteiger partial charge in [-0.25, -0.2) is 8.42 Å². The summed E-state index contributed by atoms with van der Waals surface area (Å²) < 4.78 is 28.6. The van der Waals surface area contributed by atoms with Crippen LogP contribution in [-0.2, 0) is 10.0 Å². The molecule has 1 aliphatic rings. The van der Waals surface area contributed by atoms with Crippen LogP contribution in [0, 0.1) is 0 Å². The normalized spacial score (nSPS) is 16.7. The van der Waals surface area contributed by atoms with Gasteiger partial charge in [0.15, 0.2) is 0 Å². The van der Waals surface area contributed by atoms with Crippen molar-refractivity contribution >= 4 is 15.9 Å². The molecule has 1 unspecified atom stereocenters. The van der Waals surface area contributed by atoms with Gasteiger partial charge in [0.2, 0.25) is 10.0 Å². The maximum Gasteiger partial charge on any atom is 0.253 e. The minimum Gasteiger partial charge on any atom is -0.345 e. The summed E-state index contributed by atoms with van der Waals surface area (Å²) in [6, 6.07) is 23.7. The van der Waals surface area contributed by atoms with Crippen molar-refractivity contribution in [3.63, 3.8) is 0 Å². The molecule has 1 fully saturated rings. The molecule has 3 aromatic carbocycles. The maximum atomic E-state index is 13.5. The number of carbonyl (C=O) groups excluding carboxylic acids is 1. The average Bonchev–Trinajstić information content (AvgIpc) is 2.73. The molecule has 0 saturated carbocycles. The quantitative estimate of drug-likeness (QED) is 0.622. The second kappa shape index (κ2) is 8.05. The molecule has 0 radical (unpaired) electrons. The van der Waals surface area contributed by atoms with Crippen LogP contribution in [-0.4, -0.2) is 44.2 Å². The van der Waals surface area contributed by atoms with Crippen molar-refractivity contribution in [3.05, 3.63) is 90.0 Å². The number of rotatable bonds is 5. The summed E-state index contributed by atoms with van der Waals surface area (Å²) in [5.41, 5.74) is 2.98. The van der Waals surface area contributed by atoms with Crippen LogP contribution >= 0.6 is 0 Å². The van der Waals surface area contributed by atoms with Crippen LogP contribution in [0.5, 0.6) is 0 Å². The Bertz CT molecular complexity index is 1160. The monoisotopic (exact) mass is 420 g/mol. The van der Waals surface area contributed by atoms with Crippen LogP contribution in [0.3, 0.4) is 0 Å². The minimum absolute atomic E-state index is 0.0891. The van der Waals surface area contributed by atoms with Crippen molar-refractivity contribution in [2.45, 2.75) is 17.4 Å². The lowest BCUT2D eigenvalue weighted by atomic mass is 9.98. The number of carbonyl (C=O) groups is 1. The van der Waals surface area contributed by atoms with Crippen LogP contribution in [0.25, 0.3) is 11.1 Å². The first-order valence-corrected chi connectivity index (χ1v) is 11.3. The molecule has 154 valence electrons. The minimum atomic E-state index is -3.66. The summed E-state index contributed by atoms with van der Waals surface area (Å²) >= 11 is 0. The van der Waals surface area contributed by atoms with Crippen molar-refractivity contribution < 1.29 is 13.2 Å². The molecule has 1 amide bonds. The molecule has 1 heterocycles. The number of hydrogen-bond acceptors (Lipinski definition) is 3.